The summed E-state index contributed by atoms with van der Waals surface area (Å²) in [7, 11) is 0. The minimum atomic E-state index is -4.42. The number of halogens is 3. The summed E-state index contributed by atoms with van der Waals surface area (Å²) in [6, 6.07) is 3.93. The molecule has 0 aliphatic rings. The van der Waals surface area contributed by atoms with Crippen LogP contribution in [0.1, 0.15) is 82.7 Å². The van der Waals surface area contributed by atoms with E-state index in [-0.39, 0.29) is 5.56 Å². The highest BCUT2D eigenvalue weighted by atomic mass is 19.4. The molecule has 0 aliphatic heterocycles. The zero-order valence-electron chi connectivity index (χ0n) is 15.3. The van der Waals surface area contributed by atoms with E-state index in [1.54, 1.807) is 12.1 Å². The summed E-state index contributed by atoms with van der Waals surface area (Å²) in [4.78, 5) is 0. The van der Waals surface area contributed by atoms with Gasteiger partial charge < -0.3 is 10.5 Å². The lowest BCUT2D eigenvalue weighted by atomic mass is 10.1. The third kappa shape index (κ3) is 9.73. The highest BCUT2D eigenvalue weighted by molar-refractivity contribution is 5.29. The van der Waals surface area contributed by atoms with E-state index in [0.717, 1.165) is 12.8 Å². The van der Waals surface area contributed by atoms with Crippen LogP contribution in [0, 0.1) is 0 Å². The van der Waals surface area contributed by atoms with Gasteiger partial charge in [-0.05, 0) is 24.1 Å². The van der Waals surface area contributed by atoms with Crippen molar-refractivity contribution in [1.29, 1.82) is 0 Å². The first-order valence-electron chi connectivity index (χ1n) is 9.50. The Labute approximate surface area is 149 Å². The Morgan fingerprint density at radius 3 is 1.80 bits per heavy atom. The van der Waals surface area contributed by atoms with E-state index in [1.807, 2.05) is 0 Å². The van der Waals surface area contributed by atoms with E-state index in [2.05, 4.69) is 6.92 Å². The van der Waals surface area contributed by atoms with Crippen LogP contribution in [0.4, 0.5) is 13.2 Å². The molecule has 1 rings (SSSR count). The summed E-state index contributed by atoms with van der Waals surface area (Å²) >= 11 is 0. The van der Waals surface area contributed by atoms with Crippen LogP contribution < -0.4 is 10.5 Å². The largest absolute Gasteiger partial charge is 0.494 e. The highest BCUT2D eigenvalue weighted by Crippen LogP contribution is 2.31. The van der Waals surface area contributed by atoms with Crippen LogP contribution in [-0.2, 0) is 0 Å². The molecule has 0 spiro atoms. The lowest BCUT2D eigenvalue weighted by Gasteiger charge is -2.16. The molecule has 0 heterocycles. The summed E-state index contributed by atoms with van der Waals surface area (Å²) in [5.74, 6) is 0.592. The van der Waals surface area contributed by atoms with Crippen molar-refractivity contribution in [3.63, 3.8) is 0 Å². The minimum absolute atomic E-state index is 0.0544. The van der Waals surface area contributed by atoms with E-state index < -0.39 is 12.2 Å². The number of alkyl halides is 3. The summed E-state index contributed by atoms with van der Waals surface area (Å²) < 4.78 is 43.2. The molecule has 0 radical (unpaired) electrons. The van der Waals surface area contributed by atoms with Crippen LogP contribution in [0.5, 0.6) is 5.75 Å². The Bertz CT molecular complexity index is 445. The molecule has 5 heteroatoms. The van der Waals surface area contributed by atoms with Crippen LogP contribution in [0.25, 0.3) is 0 Å². The van der Waals surface area contributed by atoms with Crippen LogP contribution in [0.3, 0.4) is 0 Å². The molecule has 0 aliphatic carbocycles. The average molecular weight is 359 g/mol. The molecule has 2 nitrogen and oxygen atoms in total. The number of rotatable bonds is 13. The van der Waals surface area contributed by atoms with Gasteiger partial charge in [-0.3, -0.25) is 0 Å². The molecule has 1 atom stereocenters. The lowest BCUT2D eigenvalue weighted by Crippen LogP contribution is -2.28. The highest BCUT2D eigenvalue weighted by Gasteiger charge is 2.37. The fourth-order valence-corrected chi connectivity index (χ4v) is 2.74. The first kappa shape index (κ1) is 21.8. The molecule has 0 saturated carbocycles. The predicted molar refractivity (Wildman–Crippen MR) is 96.8 cm³/mol. The number of nitrogens with two attached hydrogens (primary N) is 1. The second-order valence-electron chi connectivity index (χ2n) is 6.62. The van der Waals surface area contributed by atoms with Gasteiger partial charge in [-0.25, -0.2) is 0 Å². The molecule has 2 N–H and O–H groups in total. The van der Waals surface area contributed by atoms with E-state index in [9.17, 15) is 13.2 Å². The van der Waals surface area contributed by atoms with Gasteiger partial charge in [0.15, 0.2) is 0 Å². The third-order valence-corrected chi connectivity index (χ3v) is 4.36. The zero-order valence-corrected chi connectivity index (χ0v) is 15.3. The third-order valence-electron chi connectivity index (χ3n) is 4.36. The van der Waals surface area contributed by atoms with Gasteiger partial charge >= 0.3 is 6.18 Å². The van der Waals surface area contributed by atoms with E-state index in [1.165, 1.54) is 63.5 Å². The number of hydrogen-bond donors (Lipinski definition) is 1. The summed E-state index contributed by atoms with van der Waals surface area (Å²) in [5.41, 5.74) is 5.22. The number of hydrogen-bond acceptors (Lipinski definition) is 2. The van der Waals surface area contributed by atoms with E-state index >= 15 is 0 Å². The van der Waals surface area contributed by atoms with E-state index in [0.29, 0.717) is 12.4 Å². The Balaban J connectivity index is 2.07. The van der Waals surface area contributed by atoms with Crippen molar-refractivity contribution >= 4 is 0 Å². The SMILES string of the molecule is CCCCCCCCCCCCOc1ccc([C@H](N)C(F)(F)F)cc1. The molecule has 0 unspecified atom stereocenters. The van der Waals surface area contributed by atoms with Crippen molar-refractivity contribution in [1.82, 2.24) is 0 Å². The molecule has 144 valence electrons. The number of benzene rings is 1. The van der Waals surface area contributed by atoms with Gasteiger partial charge in [-0.2, -0.15) is 13.2 Å². The molecule has 25 heavy (non-hydrogen) atoms. The standard InChI is InChI=1S/C20H32F3NO/c1-2-3-4-5-6-7-8-9-10-11-16-25-18-14-12-17(13-15-18)19(24)20(21,22)23/h12-15,19H,2-11,16,24H2,1H3/t19-/m0/s1. The molecular weight excluding hydrogens is 327 g/mol. The van der Waals surface area contributed by atoms with Crippen LogP contribution in [0.2, 0.25) is 0 Å². The summed E-state index contributed by atoms with van der Waals surface area (Å²) in [6.07, 6.45) is 8.17. The second kappa shape index (κ2) is 12.2. The quantitative estimate of drug-likeness (QED) is 0.405. The van der Waals surface area contributed by atoms with Gasteiger partial charge in [0.2, 0.25) is 0 Å². The van der Waals surface area contributed by atoms with Crippen molar-refractivity contribution in [3.8, 4) is 5.75 Å². The smallest absolute Gasteiger partial charge is 0.407 e. The normalized spacial score (nSPS) is 13.0. The number of ether oxygens (including phenoxy) is 1. The molecule has 0 amide bonds. The second-order valence-corrected chi connectivity index (χ2v) is 6.62. The van der Waals surface area contributed by atoms with Gasteiger partial charge in [-0.1, -0.05) is 76.8 Å². The van der Waals surface area contributed by atoms with E-state index in [4.69, 9.17) is 10.5 Å². The Kier molecular flexibility index (Phi) is 10.6. The molecule has 0 bridgehead atoms. The molecule has 0 saturated heterocycles. The fourth-order valence-electron chi connectivity index (χ4n) is 2.74. The Morgan fingerprint density at radius 1 is 0.840 bits per heavy atom. The maximum atomic E-state index is 12.5. The zero-order chi connectivity index (χ0) is 18.5. The molecule has 1 aromatic carbocycles. The Hall–Kier alpha value is -1.23. The molecule has 1 aromatic rings. The van der Waals surface area contributed by atoms with Crippen LogP contribution in [0.15, 0.2) is 24.3 Å². The van der Waals surface area contributed by atoms with Crippen molar-refractivity contribution in [2.24, 2.45) is 5.73 Å². The molecular formula is C20H32F3NO. The van der Waals surface area contributed by atoms with Crippen molar-refractivity contribution in [2.75, 3.05) is 6.61 Å². The van der Waals surface area contributed by atoms with Gasteiger partial charge in [0.1, 0.15) is 11.8 Å². The summed E-state index contributed by atoms with van der Waals surface area (Å²) in [6.45, 7) is 2.83. The van der Waals surface area contributed by atoms with Gasteiger partial charge in [0.05, 0.1) is 6.61 Å². The monoisotopic (exact) mass is 359 g/mol. The van der Waals surface area contributed by atoms with Crippen LogP contribution >= 0.6 is 0 Å². The summed E-state index contributed by atoms with van der Waals surface area (Å²) in [5, 5.41) is 0. The average Bonchev–Trinajstić information content (AvgIpc) is 2.59. The first-order chi connectivity index (χ1) is 11.9. The maximum Gasteiger partial charge on any atom is 0.407 e. The van der Waals surface area contributed by atoms with Gasteiger partial charge in [0, 0.05) is 0 Å². The topological polar surface area (TPSA) is 35.2 Å². The molecule has 0 fully saturated rings. The Morgan fingerprint density at radius 2 is 1.32 bits per heavy atom. The van der Waals surface area contributed by atoms with Crippen molar-refractivity contribution in [3.05, 3.63) is 29.8 Å². The van der Waals surface area contributed by atoms with Crippen LogP contribution in [-0.4, -0.2) is 12.8 Å². The predicted octanol–water partition coefficient (Wildman–Crippen LogP) is 6.55. The first-order valence-corrected chi connectivity index (χ1v) is 9.50. The van der Waals surface area contributed by atoms with Gasteiger partial charge in [-0.15, -0.1) is 0 Å². The minimum Gasteiger partial charge on any atom is -0.494 e. The lowest BCUT2D eigenvalue weighted by molar-refractivity contribution is -0.149. The van der Waals surface area contributed by atoms with Crippen molar-refractivity contribution in [2.45, 2.75) is 83.4 Å². The molecule has 0 aromatic heterocycles. The van der Waals surface area contributed by atoms with Crippen molar-refractivity contribution < 1.29 is 17.9 Å². The van der Waals surface area contributed by atoms with Gasteiger partial charge in [0.25, 0.3) is 0 Å². The number of unbranched alkanes of at least 4 members (excludes halogenated alkanes) is 9. The maximum absolute atomic E-state index is 12.5. The fraction of sp³-hybridized carbons (Fsp3) is 0.700.